The number of rotatable bonds is 4. The van der Waals surface area contributed by atoms with E-state index < -0.39 is 7.75 Å². The largest absolute Gasteiger partial charge is 0.458 e. The Morgan fingerprint density at radius 1 is 1.40 bits per heavy atom. The average molecular weight is 270 g/mol. The second kappa shape index (κ2) is 5.19. The molecule has 0 heterocycles. The van der Waals surface area contributed by atoms with Crippen LogP contribution in [-0.2, 0) is 9.09 Å². The van der Waals surface area contributed by atoms with E-state index >= 15 is 0 Å². The van der Waals surface area contributed by atoms with Crippen molar-refractivity contribution in [2.75, 3.05) is 14.2 Å². The molecule has 0 aliphatic rings. The van der Waals surface area contributed by atoms with E-state index in [0.29, 0.717) is 5.02 Å². The first-order valence-electron chi connectivity index (χ1n) is 4.00. The van der Waals surface area contributed by atoms with Crippen LogP contribution >= 0.6 is 30.9 Å². The summed E-state index contributed by atoms with van der Waals surface area (Å²) in [5.41, 5.74) is 0. The Morgan fingerprint density at radius 2 is 2.07 bits per heavy atom. The molecule has 1 N–H and O–H groups in total. The van der Waals surface area contributed by atoms with Gasteiger partial charge in [-0.25, -0.2) is 9.65 Å². The van der Waals surface area contributed by atoms with Crippen LogP contribution in [0.4, 0.5) is 0 Å². The Labute approximate surface area is 98.1 Å². The van der Waals surface area contributed by atoms with Crippen LogP contribution in [0.1, 0.15) is 0 Å². The summed E-state index contributed by atoms with van der Waals surface area (Å²) in [6.45, 7) is 0. The van der Waals surface area contributed by atoms with Gasteiger partial charge in [-0.1, -0.05) is 23.2 Å². The molecule has 0 fully saturated rings. The van der Waals surface area contributed by atoms with Crippen molar-refractivity contribution in [2.45, 2.75) is 0 Å². The number of benzene rings is 1. The van der Waals surface area contributed by atoms with E-state index in [1.165, 1.54) is 26.3 Å². The molecule has 0 aromatic heterocycles. The number of hydrogen-bond acceptors (Lipinski definition) is 3. The molecule has 1 aromatic rings. The van der Waals surface area contributed by atoms with Crippen LogP contribution in [0.2, 0.25) is 10.0 Å². The zero-order valence-electron chi connectivity index (χ0n) is 8.16. The van der Waals surface area contributed by atoms with Gasteiger partial charge in [-0.3, -0.25) is 4.52 Å². The van der Waals surface area contributed by atoms with E-state index in [4.69, 9.17) is 32.2 Å². The summed E-state index contributed by atoms with van der Waals surface area (Å²) in [5, 5.41) is 3.19. The number of hydrogen-bond donors (Lipinski definition) is 1. The van der Waals surface area contributed by atoms with Crippen molar-refractivity contribution in [2.24, 2.45) is 0 Å². The number of halogens is 2. The summed E-state index contributed by atoms with van der Waals surface area (Å²) in [6, 6.07) is 4.60. The predicted molar refractivity (Wildman–Crippen MR) is 60.8 cm³/mol. The summed E-state index contributed by atoms with van der Waals surface area (Å²) < 4.78 is 21.5. The highest BCUT2D eigenvalue weighted by molar-refractivity contribution is 7.52. The molecule has 0 bridgehead atoms. The Bertz CT molecular complexity index is 391. The van der Waals surface area contributed by atoms with Crippen molar-refractivity contribution >= 4 is 30.9 Å². The summed E-state index contributed by atoms with van der Waals surface area (Å²) in [6.07, 6.45) is 0. The summed E-state index contributed by atoms with van der Waals surface area (Å²) in [5.74, 6) is 0.251. The van der Waals surface area contributed by atoms with Gasteiger partial charge < -0.3 is 4.52 Å². The van der Waals surface area contributed by atoms with Gasteiger partial charge in [0.05, 0.1) is 5.02 Å². The minimum atomic E-state index is -3.32. The molecule has 0 spiro atoms. The third kappa shape index (κ3) is 3.37. The Kier molecular flexibility index (Phi) is 4.44. The lowest BCUT2D eigenvalue weighted by molar-refractivity contribution is 0.313. The molecule has 1 aromatic carbocycles. The molecule has 15 heavy (non-hydrogen) atoms. The van der Waals surface area contributed by atoms with E-state index in [1.54, 1.807) is 6.07 Å². The SMILES string of the molecule is CNP(=O)(OC)Oc1ccc(Cl)cc1Cl. The zero-order chi connectivity index (χ0) is 11.5. The van der Waals surface area contributed by atoms with Gasteiger partial charge in [0.1, 0.15) is 5.75 Å². The van der Waals surface area contributed by atoms with Crippen LogP contribution in [0.25, 0.3) is 0 Å². The van der Waals surface area contributed by atoms with Crippen molar-refractivity contribution in [1.82, 2.24) is 5.09 Å². The first kappa shape index (κ1) is 12.8. The maximum atomic E-state index is 11.7. The topological polar surface area (TPSA) is 47.6 Å². The highest BCUT2D eigenvalue weighted by Crippen LogP contribution is 2.45. The second-order valence-corrected chi connectivity index (χ2v) is 5.40. The van der Waals surface area contributed by atoms with E-state index in [2.05, 4.69) is 5.09 Å². The van der Waals surface area contributed by atoms with Gasteiger partial charge in [0.25, 0.3) is 0 Å². The molecule has 4 nitrogen and oxygen atoms in total. The molecule has 1 unspecified atom stereocenters. The van der Waals surface area contributed by atoms with E-state index in [0.717, 1.165) is 0 Å². The fourth-order valence-electron chi connectivity index (χ4n) is 0.853. The highest BCUT2D eigenvalue weighted by Gasteiger charge is 2.23. The van der Waals surface area contributed by atoms with Gasteiger partial charge >= 0.3 is 7.75 Å². The molecule has 0 radical (unpaired) electrons. The molecular formula is C8H10Cl2NO3P. The van der Waals surface area contributed by atoms with Crippen molar-refractivity contribution in [3.8, 4) is 5.75 Å². The molecule has 0 aliphatic heterocycles. The van der Waals surface area contributed by atoms with Crippen molar-refractivity contribution in [3.63, 3.8) is 0 Å². The Morgan fingerprint density at radius 3 is 2.53 bits per heavy atom. The zero-order valence-corrected chi connectivity index (χ0v) is 10.6. The van der Waals surface area contributed by atoms with Gasteiger partial charge in [-0.05, 0) is 25.2 Å². The van der Waals surface area contributed by atoms with Crippen LogP contribution in [-0.4, -0.2) is 14.2 Å². The lowest BCUT2D eigenvalue weighted by Gasteiger charge is -2.16. The fourth-order valence-corrected chi connectivity index (χ4v) is 2.12. The van der Waals surface area contributed by atoms with Gasteiger partial charge in [0, 0.05) is 12.1 Å². The predicted octanol–water partition coefficient (Wildman–Crippen LogP) is 3.35. The molecule has 7 heteroatoms. The van der Waals surface area contributed by atoms with E-state index in [-0.39, 0.29) is 10.8 Å². The van der Waals surface area contributed by atoms with Gasteiger partial charge in [0.15, 0.2) is 0 Å². The van der Waals surface area contributed by atoms with Gasteiger partial charge in [-0.2, -0.15) is 0 Å². The van der Waals surface area contributed by atoms with Crippen molar-refractivity contribution < 1.29 is 13.6 Å². The Hall–Kier alpha value is -0.250. The molecule has 0 aliphatic carbocycles. The van der Waals surface area contributed by atoms with Crippen molar-refractivity contribution in [3.05, 3.63) is 28.2 Å². The number of nitrogens with one attached hydrogen (secondary N) is 1. The van der Waals surface area contributed by atoms with Crippen LogP contribution in [0, 0.1) is 0 Å². The molecule has 0 amide bonds. The Balaban J connectivity index is 2.94. The standard InChI is InChI=1S/C8H10Cl2NO3P/c1-11-15(12,13-2)14-8-4-3-6(9)5-7(8)10/h3-5H,1-2H3,(H,11,12). The normalized spacial score (nSPS) is 14.7. The summed E-state index contributed by atoms with van der Waals surface area (Å²) in [4.78, 5) is 0. The minimum absolute atomic E-state index is 0.251. The van der Waals surface area contributed by atoms with Crippen LogP contribution in [0.5, 0.6) is 5.75 Å². The van der Waals surface area contributed by atoms with Crippen LogP contribution in [0.15, 0.2) is 18.2 Å². The quantitative estimate of drug-likeness (QED) is 0.852. The third-order valence-electron chi connectivity index (χ3n) is 1.63. The monoisotopic (exact) mass is 269 g/mol. The molecule has 1 rings (SSSR count). The maximum Gasteiger partial charge on any atom is 0.458 e. The maximum absolute atomic E-state index is 11.7. The van der Waals surface area contributed by atoms with Gasteiger partial charge in [0.2, 0.25) is 0 Å². The van der Waals surface area contributed by atoms with E-state index in [1.807, 2.05) is 0 Å². The molecule has 84 valence electrons. The van der Waals surface area contributed by atoms with Gasteiger partial charge in [-0.15, -0.1) is 0 Å². The molecule has 1 atom stereocenters. The van der Waals surface area contributed by atoms with Crippen molar-refractivity contribution in [1.29, 1.82) is 0 Å². The lowest BCUT2D eigenvalue weighted by Crippen LogP contribution is -2.10. The lowest BCUT2D eigenvalue weighted by atomic mass is 10.3. The minimum Gasteiger partial charge on any atom is -0.412 e. The molecule has 0 saturated heterocycles. The van der Waals surface area contributed by atoms with Crippen LogP contribution < -0.4 is 9.61 Å². The first-order chi connectivity index (χ1) is 7.00. The van der Waals surface area contributed by atoms with Crippen LogP contribution in [0.3, 0.4) is 0 Å². The summed E-state index contributed by atoms with van der Waals surface area (Å²) >= 11 is 11.5. The third-order valence-corrected chi connectivity index (χ3v) is 3.62. The summed E-state index contributed by atoms with van der Waals surface area (Å²) in [7, 11) is -0.577. The smallest absolute Gasteiger partial charge is 0.412 e. The molecular weight excluding hydrogens is 260 g/mol. The fraction of sp³-hybridized carbons (Fsp3) is 0.250. The molecule has 0 saturated carbocycles. The average Bonchev–Trinajstić information content (AvgIpc) is 2.22. The second-order valence-electron chi connectivity index (χ2n) is 2.57. The first-order valence-corrected chi connectivity index (χ1v) is 6.30. The highest BCUT2D eigenvalue weighted by atomic mass is 35.5. The van der Waals surface area contributed by atoms with E-state index in [9.17, 15) is 4.57 Å².